The molecule has 3 rings (SSSR count). The molecule has 0 aliphatic carbocycles. The number of anilines is 1. The highest BCUT2D eigenvalue weighted by Gasteiger charge is 2.30. The molecule has 1 saturated heterocycles. The average molecular weight is 335 g/mol. The number of carbonyl (C=O) groups is 1. The first-order valence-corrected chi connectivity index (χ1v) is 8.39. The van der Waals surface area contributed by atoms with Gasteiger partial charge in [-0.15, -0.1) is 0 Å². The van der Waals surface area contributed by atoms with E-state index in [1.807, 2.05) is 48.5 Å². The molecule has 0 unspecified atom stereocenters. The molecule has 2 aromatic carbocycles. The number of para-hydroxylation sites is 1. The summed E-state index contributed by atoms with van der Waals surface area (Å²) >= 11 is 0. The van der Waals surface area contributed by atoms with Gasteiger partial charge in [0.25, 0.3) is 5.91 Å². The first-order chi connectivity index (χ1) is 12.3. The van der Waals surface area contributed by atoms with Crippen LogP contribution in [0, 0.1) is 11.3 Å². The smallest absolute Gasteiger partial charge is 0.258 e. The molecule has 1 fully saturated rings. The Morgan fingerprint density at radius 2 is 1.84 bits per heavy atom. The second kappa shape index (κ2) is 8.43. The summed E-state index contributed by atoms with van der Waals surface area (Å²) in [6.45, 7) is 2.64. The number of amides is 1. The van der Waals surface area contributed by atoms with Crippen molar-refractivity contribution in [2.24, 2.45) is 0 Å². The van der Waals surface area contributed by atoms with Gasteiger partial charge in [0, 0.05) is 25.3 Å². The van der Waals surface area contributed by atoms with E-state index < -0.39 is 6.10 Å². The van der Waals surface area contributed by atoms with Crippen LogP contribution in [0.15, 0.2) is 60.7 Å². The summed E-state index contributed by atoms with van der Waals surface area (Å²) in [5.74, 6) is -0.162. The summed E-state index contributed by atoms with van der Waals surface area (Å²) in [6.07, 6.45) is -0.550. The van der Waals surface area contributed by atoms with Crippen molar-refractivity contribution >= 4 is 11.6 Å². The Labute approximate surface area is 148 Å². The Bertz CT molecular complexity index is 728. The van der Waals surface area contributed by atoms with Crippen LogP contribution < -0.4 is 4.90 Å². The molecule has 0 radical (unpaired) electrons. The number of nitrogens with zero attached hydrogens (tertiary/aromatic N) is 3. The summed E-state index contributed by atoms with van der Waals surface area (Å²) in [6, 6.07) is 21.5. The lowest BCUT2D eigenvalue weighted by Gasteiger charge is -2.34. The average Bonchev–Trinajstić information content (AvgIpc) is 2.67. The number of hydrogen-bond donors (Lipinski definition) is 0. The van der Waals surface area contributed by atoms with Crippen LogP contribution in [0.4, 0.5) is 5.69 Å². The maximum atomic E-state index is 12.9. The van der Waals surface area contributed by atoms with E-state index in [0.29, 0.717) is 13.2 Å². The predicted octanol–water partition coefficient (Wildman–Crippen LogP) is 2.44. The fourth-order valence-electron chi connectivity index (χ4n) is 2.99. The molecule has 128 valence electrons. The fourth-order valence-corrected chi connectivity index (χ4v) is 2.99. The summed E-state index contributed by atoms with van der Waals surface area (Å²) in [5.41, 5.74) is 1.94. The van der Waals surface area contributed by atoms with Crippen LogP contribution >= 0.6 is 0 Å². The number of ether oxygens (including phenoxy) is 1. The minimum absolute atomic E-state index is 0.0153. The van der Waals surface area contributed by atoms with E-state index in [4.69, 9.17) is 10.00 Å². The van der Waals surface area contributed by atoms with E-state index >= 15 is 0 Å². The molecule has 5 nitrogen and oxygen atoms in total. The number of rotatable bonds is 5. The van der Waals surface area contributed by atoms with Gasteiger partial charge in [-0.2, -0.15) is 5.26 Å². The highest BCUT2D eigenvalue weighted by molar-refractivity contribution is 5.97. The van der Waals surface area contributed by atoms with Crippen molar-refractivity contribution in [3.8, 4) is 6.07 Å². The molecule has 5 heteroatoms. The van der Waals surface area contributed by atoms with Crippen molar-refractivity contribution in [3.63, 3.8) is 0 Å². The number of hydrogen-bond acceptors (Lipinski definition) is 4. The molecular formula is C20H21N3O2. The van der Waals surface area contributed by atoms with Crippen LogP contribution in [0.1, 0.15) is 5.56 Å². The number of carbonyl (C=O) groups excluding carboxylic acids is 1. The van der Waals surface area contributed by atoms with Crippen LogP contribution in [-0.2, 0) is 16.1 Å². The molecule has 1 atom stereocenters. The van der Waals surface area contributed by atoms with Gasteiger partial charge in [-0.1, -0.05) is 48.5 Å². The Hall–Kier alpha value is -2.68. The van der Waals surface area contributed by atoms with Crippen molar-refractivity contribution in [2.45, 2.75) is 12.6 Å². The maximum absolute atomic E-state index is 12.9. The molecule has 0 aromatic heterocycles. The minimum atomic E-state index is -0.550. The molecule has 1 aliphatic heterocycles. The van der Waals surface area contributed by atoms with Gasteiger partial charge in [0.2, 0.25) is 0 Å². The number of benzene rings is 2. The van der Waals surface area contributed by atoms with Gasteiger partial charge in [0.05, 0.1) is 12.7 Å². The fraction of sp³-hybridized carbons (Fsp3) is 0.300. The topological polar surface area (TPSA) is 56.6 Å². The van der Waals surface area contributed by atoms with Crippen LogP contribution in [0.25, 0.3) is 0 Å². The minimum Gasteiger partial charge on any atom is -0.366 e. The van der Waals surface area contributed by atoms with Gasteiger partial charge in [0.15, 0.2) is 0 Å². The first kappa shape index (κ1) is 17.2. The van der Waals surface area contributed by atoms with Gasteiger partial charge in [-0.3, -0.25) is 14.6 Å². The monoisotopic (exact) mass is 335 g/mol. The highest BCUT2D eigenvalue weighted by atomic mass is 16.5. The van der Waals surface area contributed by atoms with Crippen LogP contribution in [0.2, 0.25) is 0 Å². The molecule has 0 spiro atoms. The molecule has 0 saturated carbocycles. The van der Waals surface area contributed by atoms with Gasteiger partial charge >= 0.3 is 0 Å². The van der Waals surface area contributed by atoms with E-state index in [9.17, 15) is 4.79 Å². The van der Waals surface area contributed by atoms with E-state index in [1.54, 1.807) is 0 Å². The van der Waals surface area contributed by atoms with E-state index in [2.05, 4.69) is 23.1 Å². The van der Waals surface area contributed by atoms with Crippen LogP contribution in [-0.4, -0.2) is 43.2 Å². The molecule has 1 aliphatic rings. The van der Waals surface area contributed by atoms with Crippen molar-refractivity contribution < 1.29 is 9.53 Å². The van der Waals surface area contributed by atoms with Gasteiger partial charge in [-0.05, 0) is 17.7 Å². The lowest BCUT2D eigenvalue weighted by Crippen LogP contribution is -2.51. The van der Waals surface area contributed by atoms with E-state index in [0.717, 1.165) is 18.8 Å². The summed E-state index contributed by atoms with van der Waals surface area (Å²) < 4.78 is 5.71. The van der Waals surface area contributed by atoms with Crippen molar-refractivity contribution in [1.29, 1.82) is 5.26 Å². The molecule has 2 aromatic rings. The third-order valence-electron chi connectivity index (χ3n) is 4.24. The predicted molar refractivity (Wildman–Crippen MR) is 95.9 cm³/mol. The zero-order chi connectivity index (χ0) is 17.5. The van der Waals surface area contributed by atoms with Crippen LogP contribution in [0.5, 0.6) is 0 Å². The SMILES string of the molecule is N#CCN(C(=O)[C@@H]1CN(Cc2ccccc2)CCO1)c1ccccc1. The standard InChI is InChI=1S/C20H21N3O2/c21-11-12-23(18-9-5-2-6-10-18)20(24)19-16-22(13-14-25-19)15-17-7-3-1-4-8-17/h1-10,19H,12-16H2/t19-/m0/s1. The van der Waals surface area contributed by atoms with Gasteiger partial charge in [-0.25, -0.2) is 0 Å². The largest absolute Gasteiger partial charge is 0.366 e. The van der Waals surface area contributed by atoms with E-state index in [-0.39, 0.29) is 12.5 Å². The molecule has 0 bridgehead atoms. The van der Waals surface area contributed by atoms with E-state index in [1.165, 1.54) is 10.5 Å². The molecule has 0 N–H and O–H groups in total. The highest BCUT2D eigenvalue weighted by Crippen LogP contribution is 2.18. The quantitative estimate of drug-likeness (QED) is 0.788. The van der Waals surface area contributed by atoms with Crippen molar-refractivity contribution in [1.82, 2.24) is 4.90 Å². The molecule has 1 amide bonds. The number of nitriles is 1. The normalized spacial score (nSPS) is 17.6. The molecule has 25 heavy (non-hydrogen) atoms. The Kier molecular flexibility index (Phi) is 5.78. The van der Waals surface area contributed by atoms with Crippen LogP contribution in [0.3, 0.4) is 0 Å². The van der Waals surface area contributed by atoms with Gasteiger partial charge < -0.3 is 4.74 Å². The summed E-state index contributed by atoms with van der Waals surface area (Å²) in [4.78, 5) is 16.6. The summed E-state index contributed by atoms with van der Waals surface area (Å²) in [5, 5.41) is 9.10. The third kappa shape index (κ3) is 4.44. The first-order valence-electron chi connectivity index (χ1n) is 8.39. The van der Waals surface area contributed by atoms with Crippen molar-refractivity contribution in [2.75, 3.05) is 31.1 Å². The summed E-state index contributed by atoms with van der Waals surface area (Å²) in [7, 11) is 0. The molecular weight excluding hydrogens is 314 g/mol. The Morgan fingerprint density at radius 3 is 2.52 bits per heavy atom. The third-order valence-corrected chi connectivity index (χ3v) is 4.24. The Balaban J connectivity index is 1.69. The van der Waals surface area contributed by atoms with Crippen molar-refractivity contribution in [3.05, 3.63) is 66.2 Å². The zero-order valence-corrected chi connectivity index (χ0v) is 14.0. The number of morpholine rings is 1. The Morgan fingerprint density at radius 1 is 1.16 bits per heavy atom. The lowest BCUT2D eigenvalue weighted by atomic mass is 10.1. The lowest BCUT2D eigenvalue weighted by molar-refractivity contribution is -0.135. The second-order valence-electron chi connectivity index (χ2n) is 6.00. The zero-order valence-electron chi connectivity index (χ0n) is 14.0. The maximum Gasteiger partial charge on any atom is 0.258 e. The second-order valence-corrected chi connectivity index (χ2v) is 6.00. The molecule has 1 heterocycles. The van der Waals surface area contributed by atoms with Gasteiger partial charge in [0.1, 0.15) is 12.6 Å².